The summed E-state index contributed by atoms with van der Waals surface area (Å²) in [6.45, 7) is 6.67. The number of benzene rings is 1. The number of rotatable bonds is 5. The highest BCUT2D eigenvalue weighted by Crippen LogP contribution is 2.35. The van der Waals surface area contributed by atoms with E-state index < -0.39 is 0 Å². The molecule has 1 atom stereocenters. The Bertz CT molecular complexity index is 1160. The van der Waals surface area contributed by atoms with E-state index >= 15 is 0 Å². The van der Waals surface area contributed by atoms with E-state index in [0.717, 1.165) is 74.8 Å². The zero-order valence-electron chi connectivity index (χ0n) is 19.8. The fourth-order valence-corrected chi connectivity index (χ4v) is 5.23. The molecule has 33 heavy (non-hydrogen) atoms. The highest BCUT2D eigenvalue weighted by Gasteiger charge is 2.35. The van der Waals surface area contributed by atoms with Crippen LogP contribution in [0.25, 0.3) is 0 Å². The van der Waals surface area contributed by atoms with Crippen LogP contribution < -0.4 is 4.90 Å². The predicted octanol–water partition coefficient (Wildman–Crippen LogP) is 3.80. The SMILES string of the molecule is Cc1nn(C)cc1C(=O)N1CCCC1c1nc(C)c2c(n1)N(CCc1ccccc1)CCC2. The first-order chi connectivity index (χ1) is 16.0. The Morgan fingerprint density at radius 1 is 1.06 bits per heavy atom. The topological polar surface area (TPSA) is 67.2 Å². The minimum absolute atomic E-state index is 0.0306. The average Bonchev–Trinajstić information content (AvgIpc) is 3.44. The average molecular weight is 445 g/mol. The van der Waals surface area contributed by atoms with Gasteiger partial charge in [-0.05, 0) is 51.5 Å². The minimum atomic E-state index is -0.0843. The maximum atomic E-state index is 13.4. The zero-order chi connectivity index (χ0) is 22.9. The number of carbonyl (C=O) groups is 1. The van der Waals surface area contributed by atoms with E-state index in [2.05, 4.69) is 47.3 Å². The summed E-state index contributed by atoms with van der Waals surface area (Å²) in [6, 6.07) is 10.5. The number of aromatic nitrogens is 4. The van der Waals surface area contributed by atoms with Gasteiger partial charge in [-0.3, -0.25) is 9.48 Å². The lowest BCUT2D eigenvalue weighted by Crippen LogP contribution is -2.35. The van der Waals surface area contributed by atoms with Gasteiger partial charge in [-0.25, -0.2) is 9.97 Å². The maximum Gasteiger partial charge on any atom is 0.257 e. The molecular weight excluding hydrogens is 412 g/mol. The van der Waals surface area contributed by atoms with E-state index in [4.69, 9.17) is 9.97 Å². The Morgan fingerprint density at radius 2 is 1.88 bits per heavy atom. The van der Waals surface area contributed by atoms with Crippen LogP contribution in [0.2, 0.25) is 0 Å². The molecule has 0 radical (unpaired) electrons. The highest BCUT2D eigenvalue weighted by molar-refractivity contribution is 5.95. The molecule has 5 rings (SSSR count). The molecule has 7 heteroatoms. The zero-order valence-corrected chi connectivity index (χ0v) is 19.8. The molecule has 1 unspecified atom stereocenters. The van der Waals surface area contributed by atoms with E-state index in [1.54, 1.807) is 4.68 Å². The lowest BCUT2D eigenvalue weighted by Gasteiger charge is -2.32. The molecule has 1 fully saturated rings. The van der Waals surface area contributed by atoms with Crippen LogP contribution in [0.1, 0.15) is 64.0 Å². The van der Waals surface area contributed by atoms with Gasteiger partial charge in [0.15, 0.2) is 5.82 Å². The predicted molar refractivity (Wildman–Crippen MR) is 128 cm³/mol. The number of fused-ring (bicyclic) bond motifs is 1. The summed E-state index contributed by atoms with van der Waals surface area (Å²) in [5.74, 6) is 1.88. The van der Waals surface area contributed by atoms with Crippen molar-refractivity contribution in [1.82, 2.24) is 24.6 Å². The van der Waals surface area contributed by atoms with Crippen molar-refractivity contribution in [1.29, 1.82) is 0 Å². The van der Waals surface area contributed by atoms with E-state index in [1.807, 2.05) is 25.1 Å². The van der Waals surface area contributed by atoms with Crippen LogP contribution in [0, 0.1) is 13.8 Å². The Hall–Kier alpha value is -3.22. The van der Waals surface area contributed by atoms with Gasteiger partial charge >= 0.3 is 0 Å². The number of hydrogen-bond donors (Lipinski definition) is 0. The standard InChI is InChI=1S/C26H32N6O/c1-18-21-11-7-14-31(16-13-20-9-5-4-6-10-20)25(21)28-24(27-18)23-12-8-15-32(23)26(33)22-17-30(3)29-19(22)2/h4-6,9-10,17,23H,7-8,11-16H2,1-3H3. The third-order valence-corrected chi connectivity index (χ3v) is 6.93. The molecule has 7 nitrogen and oxygen atoms in total. The first kappa shape index (κ1) is 21.6. The van der Waals surface area contributed by atoms with Crippen LogP contribution in [0.15, 0.2) is 36.5 Å². The van der Waals surface area contributed by atoms with Crippen molar-refractivity contribution in [2.75, 3.05) is 24.5 Å². The van der Waals surface area contributed by atoms with Crippen LogP contribution in [-0.4, -0.2) is 50.2 Å². The lowest BCUT2D eigenvalue weighted by atomic mass is 10.0. The van der Waals surface area contributed by atoms with Crippen molar-refractivity contribution >= 4 is 11.7 Å². The van der Waals surface area contributed by atoms with Gasteiger partial charge in [0.05, 0.1) is 17.3 Å². The monoisotopic (exact) mass is 444 g/mol. The molecule has 1 amide bonds. The third kappa shape index (κ3) is 4.24. The van der Waals surface area contributed by atoms with E-state index in [1.165, 1.54) is 11.1 Å². The van der Waals surface area contributed by atoms with Gasteiger partial charge in [0.1, 0.15) is 5.82 Å². The Morgan fingerprint density at radius 3 is 2.64 bits per heavy atom. The molecule has 2 aliphatic heterocycles. The van der Waals surface area contributed by atoms with Crippen LogP contribution in [-0.2, 0) is 19.9 Å². The van der Waals surface area contributed by atoms with Gasteiger partial charge in [-0.15, -0.1) is 0 Å². The third-order valence-electron chi connectivity index (χ3n) is 6.93. The number of hydrogen-bond acceptors (Lipinski definition) is 5. The van der Waals surface area contributed by atoms with E-state index in [9.17, 15) is 4.79 Å². The number of anilines is 1. The van der Waals surface area contributed by atoms with Crippen molar-refractivity contribution in [2.45, 2.75) is 52.0 Å². The molecular formula is C26H32N6O. The number of amides is 1. The highest BCUT2D eigenvalue weighted by atomic mass is 16.2. The second kappa shape index (κ2) is 8.96. The normalized spacial score (nSPS) is 18.0. The summed E-state index contributed by atoms with van der Waals surface area (Å²) in [5, 5.41) is 4.36. The van der Waals surface area contributed by atoms with E-state index in [-0.39, 0.29) is 11.9 Å². The molecule has 2 aromatic heterocycles. The number of carbonyl (C=O) groups excluding carboxylic acids is 1. The van der Waals surface area contributed by atoms with Crippen LogP contribution in [0.3, 0.4) is 0 Å². The minimum Gasteiger partial charge on any atom is -0.356 e. The summed E-state index contributed by atoms with van der Waals surface area (Å²) in [7, 11) is 1.85. The van der Waals surface area contributed by atoms with Gasteiger partial charge in [0.2, 0.25) is 0 Å². The van der Waals surface area contributed by atoms with Gasteiger partial charge in [-0.2, -0.15) is 5.10 Å². The summed E-state index contributed by atoms with van der Waals surface area (Å²) < 4.78 is 1.71. The Balaban J connectivity index is 1.42. The molecule has 1 saturated heterocycles. The molecule has 1 aromatic carbocycles. The van der Waals surface area contributed by atoms with E-state index in [0.29, 0.717) is 5.56 Å². The fraction of sp³-hybridized carbons (Fsp3) is 0.462. The molecule has 0 bridgehead atoms. The first-order valence-corrected chi connectivity index (χ1v) is 12.0. The molecule has 0 aliphatic carbocycles. The smallest absolute Gasteiger partial charge is 0.257 e. The van der Waals surface area contributed by atoms with Crippen LogP contribution >= 0.6 is 0 Å². The van der Waals surface area contributed by atoms with Crippen molar-refractivity contribution in [2.24, 2.45) is 7.05 Å². The van der Waals surface area contributed by atoms with Crippen LogP contribution in [0.5, 0.6) is 0 Å². The number of nitrogens with zero attached hydrogens (tertiary/aromatic N) is 6. The largest absolute Gasteiger partial charge is 0.356 e. The lowest BCUT2D eigenvalue weighted by molar-refractivity contribution is 0.0729. The first-order valence-electron chi connectivity index (χ1n) is 12.0. The van der Waals surface area contributed by atoms with Crippen molar-refractivity contribution in [3.05, 3.63) is 70.4 Å². The van der Waals surface area contributed by atoms with Gasteiger partial charge in [0, 0.05) is 44.1 Å². The molecule has 0 N–H and O–H groups in total. The number of aryl methyl sites for hydroxylation is 3. The summed E-state index contributed by atoms with van der Waals surface area (Å²) in [5.41, 5.74) is 5.09. The Labute approximate surface area is 195 Å². The second-order valence-electron chi connectivity index (χ2n) is 9.25. The van der Waals surface area contributed by atoms with Crippen molar-refractivity contribution < 1.29 is 4.79 Å². The summed E-state index contributed by atoms with van der Waals surface area (Å²) in [4.78, 5) is 27.8. The van der Waals surface area contributed by atoms with Gasteiger partial charge in [0.25, 0.3) is 5.91 Å². The number of likely N-dealkylation sites (tertiary alicyclic amines) is 1. The molecule has 4 heterocycles. The Kier molecular flexibility index (Phi) is 5.87. The molecule has 2 aliphatic rings. The quantitative estimate of drug-likeness (QED) is 0.599. The van der Waals surface area contributed by atoms with Crippen LogP contribution in [0.4, 0.5) is 5.82 Å². The van der Waals surface area contributed by atoms with Crippen molar-refractivity contribution in [3.8, 4) is 0 Å². The molecule has 0 spiro atoms. The second-order valence-corrected chi connectivity index (χ2v) is 9.25. The summed E-state index contributed by atoms with van der Waals surface area (Å²) in [6.07, 6.45) is 6.82. The fourth-order valence-electron chi connectivity index (χ4n) is 5.23. The summed E-state index contributed by atoms with van der Waals surface area (Å²) >= 11 is 0. The van der Waals surface area contributed by atoms with Gasteiger partial charge < -0.3 is 9.80 Å². The maximum absolute atomic E-state index is 13.4. The molecule has 0 saturated carbocycles. The van der Waals surface area contributed by atoms with Gasteiger partial charge in [-0.1, -0.05) is 30.3 Å². The van der Waals surface area contributed by atoms with Crippen molar-refractivity contribution in [3.63, 3.8) is 0 Å². The molecule has 3 aromatic rings. The molecule has 172 valence electrons.